The van der Waals surface area contributed by atoms with E-state index >= 15 is 0 Å². The van der Waals surface area contributed by atoms with Crippen molar-refractivity contribution >= 4 is 34.6 Å². The van der Waals surface area contributed by atoms with Gasteiger partial charge in [0.1, 0.15) is 11.7 Å². The largest absolute Gasteiger partial charge is 0.418 e. The maximum Gasteiger partial charge on any atom is 0.418 e. The number of amidine groups is 2. The molecule has 1 aliphatic rings. The number of alkyl halides is 6. The molecule has 0 atom stereocenters. The van der Waals surface area contributed by atoms with E-state index in [2.05, 4.69) is 49.7 Å². The third kappa shape index (κ3) is 8.91. The van der Waals surface area contributed by atoms with Crippen molar-refractivity contribution in [3.8, 4) is 0 Å². The van der Waals surface area contributed by atoms with E-state index < -0.39 is 23.5 Å². The standard InChI is InChI=1S/C42H45ClF6N4/c1-24(2)33-14-10-15-34(25(3)4)38(33)51-40(36-27(6)12-9-13-28(36)7)53-17-11-16-52(23-53)39(30-20-31(41(44,45)46)22-32(43)21-30)50-37-29(8)18-26(5)19-35(37)42(47,48)49/h9-10,12-15,18-22,24-25H,11,16-17,23H2,1-8H3. The van der Waals surface area contributed by atoms with Crippen LogP contribution in [0.4, 0.5) is 37.7 Å². The van der Waals surface area contributed by atoms with Crippen molar-refractivity contribution < 1.29 is 26.3 Å². The molecule has 0 radical (unpaired) electrons. The molecule has 0 amide bonds. The molecule has 282 valence electrons. The minimum absolute atomic E-state index is 0.0439. The van der Waals surface area contributed by atoms with E-state index in [9.17, 15) is 26.3 Å². The molecule has 1 fully saturated rings. The molecule has 1 saturated heterocycles. The summed E-state index contributed by atoms with van der Waals surface area (Å²) in [6.45, 7) is 16.5. The molecule has 0 N–H and O–H groups in total. The van der Waals surface area contributed by atoms with Crippen LogP contribution in [0.2, 0.25) is 5.02 Å². The van der Waals surface area contributed by atoms with Gasteiger partial charge in [-0.05, 0) is 98.0 Å². The first-order chi connectivity index (χ1) is 24.8. The third-order valence-electron chi connectivity index (χ3n) is 9.51. The van der Waals surface area contributed by atoms with Crippen LogP contribution in [0, 0.1) is 27.7 Å². The fourth-order valence-electron chi connectivity index (χ4n) is 6.97. The highest BCUT2D eigenvalue weighted by atomic mass is 35.5. The third-order valence-corrected chi connectivity index (χ3v) is 9.73. The lowest BCUT2D eigenvalue weighted by Crippen LogP contribution is -2.50. The van der Waals surface area contributed by atoms with Gasteiger partial charge in [-0.25, -0.2) is 9.98 Å². The highest BCUT2D eigenvalue weighted by molar-refractivity contribution is 6.31. The van der Waals surface area contributed by atoms with Crippen molar-refractivity contribution in [3.05, 3.63) is 127 Å². The summed E-state index contributed by atoms with van der Waals surface area (Å²) in [5, 5.41) is -0.211. The van der Waals surface area contributed by atoms with Crippen molar-refractivity contribution in [1.82, 2.24) is 9.80 Å². The van der Waals surface area contributed by atoms with Gasteiger partial charge in [-0.1, -0.05) is 87.3 Å². The molecule has 0 aliphatic carbocycles. The second kappa shape index (κ2) is 15.6. The molecule has 0 saturated carbocycles. The number of hydrogen-bond acceptors (Lipinski definition) is 2. The summed E-state index contributed by atoms with van der Waals surface area (Å²) in [6, 6.07) is 17.8. The van der Waals surface area contributed by atoms with Crippen molar-refractivity contribution in [3.63, 3.8) is 0 Å². The van der Waals surface area contributed by atoms with E-state index in [1.807, 2.05) is 38.1 Å². The van der Waals surface area contributed by atoms with Crippen LogP contribution in [-0.2, 0) is 12.4 Å². The van der Waals surface area contributed by atoms with Crippen molar-refractivity contribution in [2.24, 2.45) is 9.98 Å². The number of para-hydroxylation sites is 1. The number of hydrogen-bond donors (Lipinski definition) is 0. The van der Waals surface area contributed by atoms with E-state index in [1.54, 1.807) is 17.9 Å². The minimum Gasteiger partial charge on any atom is -0.338 e. The Morgan fingerprint density at radius 2 is 1.21 bits per heavy atom. The molecule has 11 heteroatoms. The SMILES string of the molecule is Cc1cc(C)c(N=C(c2cc(Cl)cc(C(F)(F)F)c2)N2CCCN(C(=Nc3c(C(C)C)cccc3C(C)C)c3c(C)cccc3C)C2)c(C(F)(F)F)c1. The average Bonchev–Trinajstić information content (AvgIpc) is 3.05. The van der Waals surface area contributed by atoms with E-state index in [1.165, 1.54) is 13.0 Å². The molecule has 4 aromatic carbocycles. The summed E-state index contributed by atoms with van der Waals surface area (Å²) >= 11 is 6.28. The Bertz CT molecular complexity index is 2000. The Morgan fingerprint density at radius 1 is 0.660 bits per heavy atom. The van der Waals surface area contributed by atoms with Gasteiger partial charge in [0.05, 0.1) is 29.2 Å². The van der Waals surface area contributed by atoms with Gasteiger partial charge < -0.3 is 9.80 Å². The van der Waals surface area contributed by atoms with Gasteiger partial charge in [0.25, 0.3) is 0 Å². The first kappa shape index (κ1) is 39.9. The summed E-state index contributed by atoms with van der Waals surface area (Å²) in [4.78, 5) is 13.9. The number of aliphatic imine (C=N–C) groups is 2. The number of nitrogens with zero attached hydrogens (tertiary/aromatic N) is 4. The molecule has 53 heavy (non-hydrogen) atoms. The van der Waals surface area contributed by atoms with Crippen molar-refractivity contribution in [2.75, 3.05) is 19.8 Å². The fraction of sp³-hybridized carbons (Fsp3) is 0.381. The van der Waals surface area contributed by atoms with E-state index in [0.29, 0.717) is 30.9 Å². The zero-order chi connectivity index (χ0) is 39.0. The summed E-state index contributed by atoms with van der Waals surface area (Å²) in [5.74, 6) is 0.944. The first-order valence-corrected chi connectivity index (χ1v) is 18.1. The van der Waals surface area contributed by atoms with Gasteiger partial charge in [0.15, 0.2) is 0 Å². The van der Waals surface area contributed by atoms with Crippen LogP contribution in [0.25, 0.3) is 0 Å². The predicted octanol–water partition coefficient (Wildman–Crippen LogP) is 12.7. The van der Waals surface area contributed by atoms with Gasteiger partial charge in [0, 0.05) is 29.2 Å². The molecule has 5 rings (SSSR count). The predicted molar refractivity (Wildman–Crippen MR) is 203 cm³/mol. The number of benzene rings is 4. The van der Waals surface area contributed by atoms with Crippen LogP contribution in [0.3, 0.4) is 0 Å². The van der Waals surface area contributed by atoms with Crippen molar-refractivity contribution in [2.45, 2.75) is 86.0 Å². The highest BCUT2D eigenvalue weighted by Gasteiger charge is 2.36. The molecule has 0 unspecified atom stereocenters. The van der Waals surface area contributed by atoms with E-state index in [0.717, 1.165) is 51.7 Å². The van der Waals surface area contributed by atoms with E-state index in [-0.39, 0.29) is 46.2 Å². The minimum atomic E-state index is -4.76. The van der Waals surface area contributed by atoms with Gasteiger partial charge in [-0.3, -0.25) is 0 Å². The zero-order valence-electron chi connectivity index (χ0n) is 31.3. The molecule has 0 aromatic heterocycles. The molecule has 4 aromatic rings. The van der Waals surface area contributed by atoms with Crippen LogP contribution >= 0.6 is 11.6 Å². The summed E-state index contributed by atoms with van der Waals surface area (Å²) in [7, 11) is 0. The number of halogens is 7. The van der Waals surface area contributed by atoms with Crippen LogP contribution < -0.4 is 0 Å². The Labute approximate surface area is 313 Å². The normalized spacial score (nSPS) is 14.9. The summed E-state index contributed by atoms with van der Waals surface area (Å²) in [5.41, 5.74) is 4.12. The molecule has 4 nitrogen and oxygen atoms in total. The Morgan fingerprint density at radius 3 is 1.75 bits per heavy atom. The van der Waals surface area contributed by atoms with Gasteiger partial charge in [0.2, 0.25) is 0 Å². The Balaban J connectivity index is 1.77. The van der Waals surface area contributed by atoms with Crippen LogP contribution in [0.1, 0.15) is 102 Å². The average molecular weight is 755 g/mol. The zero-order valence-corrected chi connectivity index (χ0v) is 32.0. The highest BCUT2D eigenvalue weighted by Crippen LogP contribution is 2.41. The molecule has 0 bridgehead atoms. The van der Waals surface area contributed by atoms with E-state index in [4.69, 9.17) is 16.6 Å². The maximum atomic E-state index is 14.5. The van der Waals surface area contributed by atoms with Crippen molar-refractivity contribution in [1.29, 1.82) is 0 Å². The summed E-state index contributed by atoms with van der Waals surface area (Å²) < 4.78 is 86.0. The molecular formula is C42H45ClF6N4. The topological polar surface area (TPSA) is 31.2 Å². The Hall–Kier alpha value is -4.31. The smallest absolute Gasteiger partial charge is 0.338 e. The van der Waals surface area contributed by atoms with Gasteiger partial charge >= 0.3 is 12.4 Å². The van der Waals surface area contributed by atoms with Crippen LogP contribution in [-0.4, -0.2) is 41.2 Å². The molecule has 1 heterocycles. The Kier molecular flexibility index (Phi) is 11.7. The fourth-order valence-corrected chi connectivity index (χ4v) is 7.21. The lowest BCUT2D eigenvalue weighted by Gasteiger charge is -2.40. The maximum absolute atomic E-state index is 14.5. The first-order valence-electron chi connectivity index (χ1n) is 17.7. The van der Waals surface area contributed by atoms with Gasteiger partial charge in [-0.2, -0.15) is 26.3 Å². The monoisotopic (exact) mass is 754 g/mol. The molecule has 0 spiro atoms. The summed E-state index contributed by atoms with van der Waals surface area (Å²) in [6.07, 6.45) is -8.99. The lowest BCUT2D eigenvalue weighted by atomic mass is 9.92. The molecular weight excluding hydrogens is 710 g/mol. The quantitative estimate of drug-likeness (QED) is 0.111. The van der Waals surface area contributed by atoms with Crippen LogP contribution in [0.15, 0.2) is 76.7 Å². The lowest BCUT2D eigenvalue weighted by molar-refractivity contribution is -0.138. The van der Waals surface area contributed by atoms with Crippen LogP contribution in [0.5, 0.6) is 0 Å². The second-order valence-electron chi connectivity index (χ2n) is 14.5. The number of rotatable bonds is 6. The van der Waals surface area contributed by atoms with Gasteiger partial charge in [-0.15, -0.1) is 0 Å². The number of aryl methyl sites for hydroxylation is 4. The second-order valence-corrected chi connectivity index (χ2v) is 14.9. The molecule has 1 aliphatic heterocycles.